The van der Waals surface area contributed by atoms with E-state index in [1.807, 2.05) is 6.92 Å². The van der Waals surface area contributed by atoms with Gasteiger partial charge in [-0.1, -0.05) is 19.6 Å². The van der Waals surface area contributed by atoms with E-state index in [4.69, 9.17) is 9.84 Å². The topological polar surface area (TPSA) is 66.8 Å². The largest absolute Gasteiger partial charge is 0.480 e. The molecule has 1 amide bonds. The number of carbonyl (C=O) groups excluding carboxylic acids is 1. The van der Waals surface area contributed by atoms with Crippen LogP contribution in [0.2, 0.25) is 0 Å². The minimum absolute atomic E-state index is 0.107. The predicted molar refractivity (Wildman–Crippen MR) is 58.1 cm³/mol. The molecule has 0 aromatic carbocycles. The van der Waals surface area contributed by atoms with Crippen LogP contribution in [-0.2, 0) is 9.53 Å². The van der Waals surface area contributed by atoms with Crippen LogP contribution in [0.25, 0.3) is 0 Å². The lowest BCUT2D eigenvalue weighted by Crippen LogP contribution is -2.50. The van der Waals surface area contributed by atoms with Gasteiger partial charge in [0.05, 0.1) is 0 Å². The molecular weight excluding hydrogens is 210 g/mol. The van der Waals surface area contributed by atoms with Gasteiger partial charge in [-0.15, -0.1) is 0 Å². The number of amides is 1. The molecule has 1 fully saturated rings. The summed E-state index contributed by atoms with van der Waals surface area (Å²) in [4.78, 5) is 23.9. The van der Waals surface area contributed by atoms with Gasteiger partial charge in [-0.25, -0.2) is 9.59 Å². The van der Waals surface area contributed by atoms with Gasteiger partial charge in [-0.2, -0.15) is 0 Å². The molecule has 0 aromatic heterocycles. The van der Waals surface area contributed by atoms with Crippen molar-refractivity contribution in [3.63, 3.8) is 0 Å². The van der Waals surface area contributed by atoms with Gasteiger partial charge in [0, 0.05) is 6.54 Å². The van der Waals surface area contributed by atoms with E-state index in [9.17, 15) is 9.59 Å². The Morgan fingerprint density at radius 3 is 2.81 bits per heavy atom. The number of hydrogen-bond donors (Lipinski definition) is 1. The number of nitrogens with zero attached hydrogens (tertiary/aromatic N) is 1. The number of rotatable bonds is 3. The average Bonchev–Trinajstić information content (AvgIpc) is 2.25. The molecule has 5 heteroatoms. The molecule has 0 aromatic rings. The van der Waals surface area contributed by atoms with Gasteiger partial charge in [0.25, 0.3) is 0 Å². The standard InChI is InChI=1S/C11H17NO4/c1-3-6-16-11(15)12-7-8(2)4-5-9(12)10(13)14/h3,8-9H,1,4-7H2,2H3,(H,13,14)/t8-,9-/m1/s1. The Labute approximate surface area is 94.7 Å². The molecule has 90 valence electrons. The molecule has 0 unspecified atom stereocenters. The van der Waals surface area contributed by atoms with Crippen molar-refractivity contribution < 1.29 is 19.4 Å². The van der Waals surface area contributed by atoms with Crippen LogP contribution in [0.5, 0.6) is 0 Å². The lowest BCUT2D eigenvalue weighted by molar-refractivity contribution is -0.144. The summed E-state index contributed by atoms with van der Waals surface area (Å²) < 4.78 is 4.86. The molecule has 16 heavy (non-hydrogen) atoms. The summed E-state index contributed by atoms with van der Waals surface area (Å²) >= 11 is 0. The van der Waals surface area contributed by atoms with Crippen LogP contribution in [0.1, 0.15) is 19.8 Å². The quantitative estimate of drug-likeness (QED) is 0.742. The second-order valence-electron chi connectivity index (χ2n) is 4.05. The number of carboxylic acid groups (broad SMARTS) is 1. The highest BCUT2D eigenvalue weighted by atomic mass is 16.6. The Balaban J connectivity index is 2.66. The monoisotopic (exact) mass is 227 g/mol. The van der Waals surface area contributed by atoms with Gasteiger partial charge >= 0.3 is 12.1 Å². The first kappa shape index (κ1) is 12.5. The van der Waals surface area contributed by atoms with Crippen molar-refractivity contribution in [2.24, 2.45) is 5.92 Å². The molecule has 0 saturated carbocycles. The SMILES string of the molecule is C=CCOC(=O)N1C[C@H](C)CC[C@@H]1C(=O)O. The highest BCUT2D eigenvalue weighted by molar-refractivity contribution is 5.80. The number of carboxylic acids is 1. The fourth-order valence-electron chi connectivity index (χ4n) is 1.82. The summed E-state index contributed by atoms with van der Waals surface area (Å²) in [6.45, 7) is 5.97. The van der Waals surface area contributed by atoms with Gasteiger partial charge in [0.1, 0.15) is 12.6 Å². The van der Waals surface area contributed by atoms with Gasteiger partial charge in [0.15, 0.2) is 0 Å². The summed E-state index contributed by atoms with van der Waals surface area (Å²) in [5.74, 6) is -0.658. The zero-order valence-corrected chi connectivity index (χ0v) is 9.39. The maximum atomic E-state index is 11.6. The van der Waals surface area contributed by atoms with Crippen molar-refractivity contribution in [2.45, 2.75) is 25.8 Å². The minimum atomic E-state index is -0.970. The first-order valence-corrected chi connectivity index (χ1v) is 5.33. The summed E-state index contributed by atoms with van der Waals surface area (Å²) in [6, 6.07) is -0.756. The van der Waals surface area contributed by atoms with Crippen LogP contribution in [0, 0.1) is 5.92 Å². The van der Waals surface area contributed by atoms with E-state index in [1.165, 1.54) is 11.0 Å². The highest BCUT2D eigenvalue weighted by Crippen LogP contribution is 2.22. The zero-order chi connectivity index (χ0) is 12.1. The van der Waals surface area contributed by atoms with Crippen molar-refractivity contribution in [3.8, 4) is 0 Å². The Hall–Kier alpha value is -1.52. The van der Waals surface area contributed by atoms with Crippen molar-refractivity contribution in [2.75, 3.05) is 13.2 Å². The van der Waals surface area contributed by atoms with E-state index in [-0.39, 0.29) is 6.61 Å². The van der Waals surface area contributed by atoms with Crippen molar-refractivity contribution in [1.29, 1.82) is 0 Å². The second kappa shape index (κ2) is 5.53. The third-order valence-corrected chi connectivity index (χ3v) is 2.66. The third kappa shape index (κ3) is 2.98. The van der Waals surface area contributed by atoms with Gasteiger partial charge < -0.3 is 9.84 Å². The van der Waals surface area contributed by atoms with Crippen LogP contribution >= 0.6 is 0 Å². The highest BCUT2D eigenvalue weighted by Gasteiger charge is 2.35. The average molecular weight is 227 g/mol. The smallest absolute Gasteiger partial charge is 0.410 e. The van der Waals surface area contributed by atoms with Crippen LogP contribution in [-0.4, -0.2) is 41.3 Å². The lowest BCUT2D eigenvalue weighted by Gasteiger charge is -2.35. The normalized spacial score (nSPS) is 24.9. The molecule has 2 atom stereocenters. The minimum Gasteiger partial charge on any atom is -0.480 e. The van der Waals surface area contributed by atoms with Crippen molar-refractivity contribution in [3.05, 3.63) is 12.7 Å². The first-order chi connectivity index (χ1) is 7.56. The Morgan fingerprint density at radius 1 is 1.56 bits per heavy atom. The van der Waals surface area contributed by atoms with E-state index in [0.29, 0.717) is 18.9 Å². The van der Waals surface area contributed by atoms with E-state index < -0.39 is 18.1 Å². The summed E-state index contributed by atoms with van der Waals surface area (Å²) in [7, 11) is 0. The Morgan fingerprint density at radius 2 is 2.25 bits per heavy atom. The molecule has 0 spiro atoms. The maximum absolute atomic E-state index is 11.6. The van der Waals surface area contributed by atoms with E-state index >= 15 is 0 Å². The number of aliphatic carboxylic acids is 1. The summed E-state index contributed by atoms with van der Waals surface area (Å²) in [5, 5.41) is 9.00. The Bertz CT molecular complexity index is 290. The van der Waals surface area contributed by atoms with Crippen LogP contribution in [0.4, 0.5) is 4.79 Å². The molecule has 1 heterocycles. The van der Waals surface area contributed by atoms with Gasteiger partial charge in [0.2, 0.25) is 0 Å². The third-order valence-electron chi connectivity index (χ3n) is 2.66. The van der Waals surface area contributed by atoms with Gasteiger partial charge in [-0.05, 0) is 18.8 Å². The zero-order valence-electron chi connectivity index (χ0n) is 9.39. The van der Waals surface area contributed by atoms with E-state index in [1.54, 1.807) is 0 Å². The molecule has 1 aliphatic rings. The van der Waals surface area contributed by atoms with Gasteiger partial charge in [-0.3, -0.25) is 4.90 Å². The van der Waals surface area contributed by atoms with E-state index in [0.717, 1.165) is 6.42 Å². The second-order valence-corrected chi connectivity index (χ2v) is 4.05. The summed E-state index contributed by atoms with van der Waals surface area (Å²) in [6.07, 6.45) is 2.20. The molecule has 1 N–H and O–H groups in total. The fraction of sp³-hybridized carbons (Fsp3) is 0.636. The maximum Gasteiger partial charge on any atom is 0.410 e. The summed E-state index contributed by atoms with van der Waals surface area (Å²) in [5.41, 5.74) is 0. The molecule has 0 aliphatic carbocycles. The van der Waals surface area contributed by atoms with Crippen LogP contribution < -0.4 is 0 Å². The number of piperidine rings is 1. The van der Waals surface area contributed by atoms with Crippen LogP contribution in [0.3, 0.4) is 0 Å². The Kier molecular flexibility index (Phi) is 4.34. The molecule has 1 saturated heterocycles. The van der Waals surface area contributed by atoms with Crippen molar-refractivity contribution >= 4 is 12.1 Å². The molecule has 1 rings (SSSR count). The lowest BCUT2D eigenvalue weighted by atomic mass is 9.95. The number of ether oxygens (including phenoxy) is 1. The molecule has 0 bridgehead atoms. The number of likely N-dealkylation sites (tertiary alicyclic amines) is 1. The first-order valence-electron chi connectivity index (χ1n) is 5.33. The number of hydrogen-bond acceptors (Lipinski definition) is 3. The molecule has 0 radical (unpaired) electrons. The van der Waals surface area contributed by atoms with Crippen molar-refractivity contribution in [1.82, 2.24) is 4.90 Å². The van der Waals surface area contributed by atoms with E-state index in [2.05, 4.69) is 6.58 Å². The molecular formula is C11H17NO4. The number of carbonyl (C=O) groups is 2. The molecule has 1 aliphatic heterocycles. The molecule has 5 nitrogen and oxygen atoms in total. The van der Waals surface area contributed by atoms with Crippen LogP contribution in [0.15, 0.2) is 12.7 Å². The predicted octanol–water partition coefficient (Wildman–Crippen LogP) is 1.49. The fourth-order valence-corrected chi connectivity index (χ4v) is 1.82.